The molecule has 7 heteroatoms. The van der Waals surface area contributed by atoms with E-state index in [1.54, 1.807) is 36.0 Å². The van der Waals surface area contributed by atoms with Crippen LogP contribution in [0.1, 0.15) is 26.6 Å². The molecule has 1 aromatic carbocycles. The summed E-state index contributed by atoms with van der Waals surface area (Å²) in [4.78, 5) is 17.5. The molecule has 3 heterocycles. The first-order chi connectivity index (χ1) is 12.7. The van der Waals surface area contributed by atoms with E-state index < -0.39 is 0 Å². The van der Waals surface area contributed by atoms with Gasteiger partial charge in [-0.2, -0.15) is 5.10 Å². The highest BCUT2D eigenvalue weighted by molar-refractivity contribution is 7.09. The van der Waals surface area contributed by atoms with Crippen molar-refractivity contribution in [2.45, 2.75) is 6.54 Å². The number of fused-ring (bicyclic) bond motifs is 1. The van der Waals surface area contributed by atoms with Crippen molar-refractivity contribution in [3.05, 3.63) is 70.1 Å². The Morgan fingerprint density at radius 1 is 1.35 bits per heavy atom. The summed E-state index contributed by atoms with van der Waals surface area (Å²) < 4.78 is 1.85. The zero-order chi connectivity index (χ0) is 17.9. The molecule has 26 heavy (non-hydrogen) atoms. The molecule has 0 atom stereocenters. The van der Waals surface area contributed by atoms with Gasteiger partial charge in [0.25, 0.3) is 5.91 Å². The minimum absolute atomic E-state index is 0.114. The smallest absolute Gasteiger partial charge is 0.251 e. The SMILES string of the molecule is Cn1cncc1C#Cc1n[nH]c2cc(C(=O)NCc3cccs3)ccc12. The van der Waals surface area contributed by atoms with Crippen molar-refractivity contribution in [3.63, 3.8) is 0 Å². The topological polar surface area (TPSA) is 75.6 Å². The molecule has 0 aliphatic heterocycles. The zero-order valence-corrected chi connectivity index (χ0v) is 14.8. The van der Waals surface area contributed by atoms with Crippen LogP contribution in [0.25, 0.3) is 10.9 Å². The van der Waals surface area contributed by atoms with Crippen LogP contribution in [0.4, 0.5) is 0 Å². The van der Waals surface area contributed by atoms with Gasteiger partial charge in [0, 0.05) is 22.9 Å². The fourth-order valence-corrected chi connectivity index (χ4v) is 3.18. The standard InChI is InChI=1S/C19H15N5OS/c1-24-12-20-10-14(24)5-7-17-16-6-4-13(9-18(16)23-22-17)19(25)21-11-15-3-2-8-26-15/h2-4,6,8-10,12H,11H2,1H3,(H,21,25)(H,22,23). The van der Waals surface area contributed by atoms with Gasteiger partial charge in [0.15, 0.2) is 0 Å². The first-order valence-corrected chi connectivity index (χ1v) is 8.86. The van der Waals surface area contributed by atoms with Gasteiger partial charge in [0.2, 0.25) is 0 Å². The molecule has 4 aromatic rings. The lowest BCUT2D eigenvalue weighted by Gasteiger charge is -2.03. The summed E-state index contributed by atoms with van der Waals surface area (Å²) in [5.41, 5.74) is 2.82. The molecule has 0 radical (unpaired) electrons. The number of aromatic amines is 1. The van der Waals surface area contributed by atoms with Crippen molar-refractivity contribution < 1.29 is 4.79 Å². The van der Waals surface area contributed by atoms with E-state index >= 15 is 0 Å². The number of hydrogen-bond acceptors (Lipinski definition) is 4. The Morgan fingerprint density at radius 2 is 2.27 bits per heavy atom. The number of H-pyrrole nitrogens is 1. The van der Waals surface area contributed by atoms with E-state index in [-0.39, 0.29) is 5.91 Å². The fourth-order valence-electron chi connectivity index (χ4n) is 2.54. The molecular weight excluding hydrogens is 346 g/mol. The Hall–Kier alpha value is -3.37. The number of nitrogens with zero attached hydrogens (tertiary/aromatic N) is 3. The predicted molar refractivity (Wildman–Crippen MR) is 101 cm³/mol. The molecule has 3 aromatic heterocycles. The van der Waals surface area contributed by atoms with Crippen LogP contribution in [0.3, 0.4) is 0 Å². The molecule has 2 N–H and O–H groups in total. The minimum Gasteiger partial charge on any atom is -0.347 e. The second-order valence-electron chi connectivity index (χ2n) is 5.73. The number of imidazole rings is 1. The maximum Gasteiger partial charge on any atom is 0.251 e. The van der Waals surface area contributed by atoms with Gasteiger partial charge < -0.3 is 9.88 Å². The number of carbonyl (C=O) groups is 1. The maximum atomic E-state index is 12.3. The Morgan fingerprint density at radius 3 is 3.04 bits per heavy atom. The van der Waals surface area contributed by atoms with Crippen LogP contribution in [0.5, 0.6) is 0 Å². The van der Waals surface area contributed by atoms with E-state index in [1.807, 2.05) is 35.2 Å². The van der Waals surface area contributed by atoms with Gasteiger partial charge in [-0.05, 0) is 41.5 Å². The number of aryl methyl sites for hydroxylation is 1. The van der Waals surface area contributed by atoms with Gasteiger partial charge in [-0.25, -0.2) is 4.98 Å². The number of aromatic nitrogens is 4. The van der Waals surface area contributed by atoms with E-state index in [2.05, 4.69) is 32.3 Å². The molecule has 128 valence electrons. The summed E-state index contributed by atoms with van der Waals surface area (Å²) in [6, 6.07) is 9.41. The lowest BCUT2D eigenvalue weighted by atomic mass is 10.1. The first kappa shape index (κ1) is 16.1. The third kappa shape index (κ3) is 3.23. The molecule has 0 saturated heterocycles. The van der Waals surface area contributed by atoms with Gasteiger partial charge in [-0.3, -0.25) is 9.89 Å². The lowest BCUT2D eigenvalue weighted by molar-refractivity contribution is 0.0951. The van der Waals surface area contributed by atoms with E-state index in [0.717, 1.165) is 21.5 Å². The molecule has 0 spiro atoms. The number of hydrogen-bond donors (Lipinski definition) is 2. The second-order valence-corrected chi connectivity index (χ2v) is 6.77. The molecular formula is C19H15N5OS. The van der Waals surface area contributed by atoms with E-state index in [0.29, 0.717) is 17.8 Å². The van der Waals surface area contributed by atoms with E-state index in [9.17, 15) is 4.79 Å². The predicted octanol–water partition coefficient (Wildman–Crippen LogP) is 2.69. The van der Waals surface area contributed by atoms with Crippen LogP contribution in [-0.2, 0) is 13.6 Å². The number of thiophene rings is 1. The van der Waals surface area contributed by atoms with Gasteiger partial charge in [-0.1, -0.05) is 6.07 Å². The minimum atomic E-state index is -0.114. The summed E-state index contributed by atoms with van der Waals surface area (Å²) in [5, 5.41) is 13.0. The van der Waals surface area contributed by atoms with Crippen molar-refractivity contribution in [2.75, 3.05) is 0 Å². The molecule has 4 rings (SSSR count). The van der Waals surface area contributed by atoms with Crippen LogP contribution in [0, 0.1) is 11.8 Å². The fraction of sp³-hybridized carbons (Fsp3) is 0.105. The Balaban J connectivity index is 1.54. The summed E-state index contributed by atoms with van der Waals surface area (Å²) in [6.07, 6.45) is 3.41. The highest BCUT2D eigenvalue weighted by Gasteiger charge is 2.10. The van der Waals surface area contributed by atoms with Crippen LogP contribution >= 0.6 is 11.3 Å². The van der Waals surface area contributed by atoms with E-state index in [4.69, 9.17) is 0 Å². The average Bonchev–Trinajstić information content (AvgIpc) is 3.39. The lowest BCUT2D eigenvalue weighted by Crippen LogP contribution is -2.22. The zero-order valence-electron chi connectivity index (χ0n) is 14.0. The van der Waals surface area contributed by atoms with Crippen molar-refractivity contribution in [1.29, 1.82) is 0 Å². The number of benzene rings is 1. The molecule has 0 fully saturated rings. The summed E-state index contributed by atoms with van der Waals surface area (Å²) >= 11 is 1.62. The number of amides is 1. The Bertz CT molecular complexity index is 1130. The van der Waals surface area contributed by atoms with E-state index in [1.165, 1.54) is 0 Å². The van der Waals surface area contributed by atoms with Crippen LogP contribution in [0.2, 0.25) is 0 Å². The van der Waals surface area contributed by atoms with Gasteiger partial charge >= 0.3 is 0 Å². The highest BCUT2D eigenvalue weighted by Crippen LogP contribution is 2.17. The van der Waals surface area contributed by atoms with Gasteiger partial charge in [-0.15, -0.1) is 11.3 Å². The highest BCUT2D eigenvalue weighted by atomic mass is 32.1. The monoisotopic (exact) mass is 361 g/mol. The van der Waals surface area contributed by atoms with Crippen molar-refractivity contribution in [3.8, 4) is 11.8 Å². The number of nitrogens with one attached hydrogen (secondary N) is 2. The van der Waals surface area contributed by atoms with Gasteiger partial charge in [0.1, 0.15) is 11.4 Å². The molecule has 0 unspecified atom stereocenters. The summed E-state index contributed by atoms with van der Waals surface area (Å²) in [7, 11) is 1.89. The Kier molecular flexibility index (Phi) is 4.25. The second kappa shape index (κ2) is 6.86. The summed E-state index contributed by atoms with van der Waals surface area (Å²) in [6.45, 7) is 0.527. The Labute approximate surface area is 153 Å². The maximum absolute atomic E-state index is 12.3. The van der Waals surface area contributed by atoms with Crippen LogP contribution < -0.4 is 5.32 Å². The largest absolute Gasteiger partial charge is 0.347 e. The van der Waals surface area contributed by atoms with Crippen molar-refractivity contribution in [2.24, 2.45) is 7.05 Å². The first-order valence-electron chi connectivity index (χ1n) is 7.98. The molecule has 1 amide bonds. The van der Waals surface area contributed by atoms with Crippen molar-refractivity contribution >= 4 is 28.1 Å². The normalized spacial score (nSPS) is 10.5. The molecule has 0 bridgehead atoms. The van der Waals surface area contributed by atoms with Crippen LogP contribution in [-0.4, -0.2) is 25.7 Å². The quantitative estimate of drug-likeness (QED) is 0.551. The number of rotatable bonds is 3. The third-order valence-corrected chi connectivity index (χ3v) is 4.83. The van der Waals surface area contributed by atoms with Crippen molar-refractivity contribution in [1.82, 2.24) is 25.1 Å². The molecule has 0 saturated carbocycles. The van der Waals surface area contributed by atoms with Crippen LogP contribution in [0.15, 0.2) is 48.2 Å². The number of carbonyl (C=O) groups excluding carboxylic acids is 1. The molecule has 6 nitrogen and oxygen atoms in total. The molecule has 0 aliphatic rings. The summed E-state index contributed by atoms with van der Waals surface area (Å²) in [5.74, 6) is 5.99. The molecule has 0 aliphatic carbocycles. The average molecular weight is 361 g/mol. The third-order valence-electron chi connectivity index (χ3n) is 3.95. The van der Waals surface area contributed by atoms with Gasteiger partial charge in [0.05, 0.1) is 24.6 Å².